The quantitative estimate of drug-likeness (QED) is 0.895. The lowest BCUT2D eigenvalue weighted by Gasteiger charge is -2.42. The highest BCUT2D eigenvalue weighted by Gasteiger charge is 2.39. The molecule has 3 rings (SSSR count). The van der Waals surface area contributed by atoms with E-state index < -0.39 is 0 Å². The third-order valence-electron chi connectivity index (χ3n) is 4.57. The van der Waals surface area contributed by atoms with Gasteiger partial charge in [-0.1, -0.05) is 49.2 Å². The van der Waals surface area contributed by atoms with Crippen LogP contribution in [-0.4, -0.2) is 4.98 Å². The second kappa shape index (κ2) is 5.37. The number of hydrogen-bond acceptors (Lipinski definition) is 2. The topological polar surface area (TPSA) is 38.9 Å². The number of rotatable bonds is 2. The van der Waals surface area contributed by atoms with Crippen LogP contribution in [0.15, 0.2) is 48.8 Å². The molecule has 0 amide bonds. The number of pyridine rings is 1. The first-order valence-electron chi connectivity index (χ1n) is 7.46. The van der Waals surface area contributed by atoms with Crippen LogP contribution in [0.4, 0.5) is 0 Å². The van der Waals surface area contributed by atoms with Gasteiger partial charge in [-0.25, -0.2) is 0 Å². The molecule has 1 fully saturated rings. The van der Waals surface area contributed by atoms with E-state index in [9.17, 15) is 0 Å². The maximum absolute atomic E-state index is 6.89. The first-order chi connectivity index (χ1) is 9.70. The minimum absolute atomic E-state index is 0.279. The van der Waals surface area contributed by atoms with Crippen LogP contribution in [-0.2, 0) is 5.54 Å². The molecule has 104 valence electrons. The summed E-state index contributed by atoms with van der Waals surface area (Å²) >= 11 is 0. The van der Waals surface area contributed by atoms with Gasteiger partial charge in [-0.15, -0.1) is 0 Å². The molecule has 0 aliphatic heterocycles. The third kappa shape index (κ3) is 2.36. The Morgan fingerprint density at radius 2 is 1.95 bits per heavy atom. The van der Waals surface area contributed by atoms with Crippen LogP contribution in [0.25, 0.3) is 0 Å². The van der Waals surface area contributed by atoms with Crippen LogP contribution in [0.1, 0.15) is 48.3 Å². The lowest BCUT2D eigenvalue weighted by atomic mass is 9.67. The minimum Gasteiger partial charge on any atom is -0.321 e. The van der Waals surface area contributed by atoms with Crippen molar-refractivity contribution in [1.82, 2.24) is 4.98 Å². The SMILES string of the molecule is Cc1cncc(C2(N)CCCCC2c2ccccc2)c1. The van der Waals surface area contributed by atoms with Gasteiger partial charge in [-0.05, 0) is 36.5 Å². The molecule has 0 bridgehead atoms. The molecule has 1 aromatic heterocycles. The molecule has 2 unspecified atom stereocenters. The summed E-state index contributed by atoms with van der Waals surface area (Å²) in [4.78, 5) is 4.35. The molecule has 0 saturated heterocycles. The molecule has 2 atom stereocenters. The average molecular weight is 266 g/mol. The van der Waals surface area contributed by atoms with Crippen molar-refractivity contribution in [3.8, 4) is 0 Å². The second-order valence-electron chi connectivity index (χ2n) is 6.00. The summed E-state index contributed by atoms with van der Waals surface area (Å²) in [6.07, 6.45) is 8.51. The number of nitrogens with zero attached hydrogens (tertiary/aromatic N) is 1. The van der Waals surface area contributed by atoms with E-state index in [1.165, 1.54) is 29.5 Å². The number of aryl methyl sites for hydroxylation is 1. The van der Waals surface area contributed by atoms with Crippen molar-refractivity contribution in [3.63, 3.8) is 0 Å². The van der Waals surface area contributed by atoms with Crippen molar-refractivity contribution in [3.05, 3.63) is 65.5 Å². The summed E-state index contributed by atoms with van der Waals surface area (Å²) < 4.78 is 0. The largest absolute Gasteiger partial charge is 0.321 e. The van der Waals surface area contributed by atoms with E-state index >= 15 is 0 Å². The fourth-order valence-electron chi connectivity index (χ4n) is 3.50. The normalized spacial score (nSPS) is 26.4. The summed E-state index contributed by atoms with van der Waals surface area (Å²) in [6.45, 7) is 2.08. The molecule has 0 spiro atoms. The minimum atomic E-state index is -0.279. The van der Waals surface area contributed by atoms with E-state index in [4.69, 9.17) is 5.73 Å². The number of nitrogens with two attached hydrogens (primary N) is 1. The van der Waals surface area contributed by atoms with Crippen LogP contribution < -0.4 is 5.73 Å². The lowest BCUT2D eigenvalue weighted by molar-refractivity contribution is 0.254. The molecule has 1 aliphatic rings. The fraction of sp³-hybridized carbons (Fsp3) is 0.389. The van der Waals surface area contributed by atoms with Crippen LogP contribution in [0.5, 0.6) is 0 Å². The van der Waals surface area contributed by atoms with E-state index in [1.807, 2.05) is 12.4 Å². The van der Waals surface area contributed by atoms with Crippen molar-refractivity contribution in [2.24, 2.45) is 5.73 Å². The highest BCUT2D eigenvalue weighted by molar-refractivity contribution is 5.33. The first kappa shape index (κ1) is 13.3. The first-order valence-corrected chi connectivity index (χ1v) is 7.46. The van der Waals surface area contributed by atoms with Crippen LogP contribution >= 0.6 is 0 Å². The molecule has 1 saturated carbocycles. The van der Waals surface area contributed by atoms with Crippen molar-refractivity contribution < 1.29 is 0 Å². The van der Waals surface area contributed by atoms with Crippen molar-refractivity contribution in [1.29, 1.82) is 0 Å². The van der Waals surface area contributed by atoms with Gasteiger partial charge in [0.25, 0.3) is 0 Å². The Kier molecular flexibility index (Phi) is 3.58. The van der Waals surface area contributed by atoms with Gasteiger partial charge < -0.3 is 5.73 Å². The molecule has 2 N–H and O–H groups in total. The van der Waals surface area contributed by atoms with Gasteiger partial charge in [0.15, 0.2) is 0 Å². The highest BCUT2D eigenvalue weighted by Crippen LogP contribution is 2.45. The summed E-state index contributed by atoms with van der Waals surface area (Å²) in [7, 11) is 0. The standard InChI is InChI=1S/C18H22N2/c1-14-11-16(13-20-12-14)18(19)10-6-5-9-17(18)15-7-3-2-4-8-15/h2-4,7-8,11-13,17H,5-6,9-10,19H2,1H3. The van der Waals surface area contributed by atoms with Crippen LogP contribution in [0.3, 0.4) is 0 Å². The Labute approximate surface area is 121 Å². The smallest absolute Gasteiger partial charge is 0.0494 e. The van der Waals surface area contributed by atoms with Gasteiger partial charge in [0, 0.05) is 23.9 Å². The van der Waals surface area contributed by atoms with Gasteiger partial charge in [0.05, 0.1) is 0 Å². The average Bonchev–Trinajstić information content (AvgIpc) is 2.49. The van der Waals surface area contributed by atoms with E-state index in [1.54, 1.807) is 0 Å². The van der Waals surface area contributed by atoms with Crippen LogP contribution in [0, 0.1) is 6.92 Å². The lowest BCUT2D eigenvalue weighted by Crippen LogP contribution is -2.45. The maximum atomic E-state index is 6.89. The van der Waals surface area contributed by atoms with E-state index in [-0.39, 0.29) is 5.54 Å². The molecule has 1 aliphatic carbocycles. The van der Waals surface area contributed by atoms with E-state index in [0.29, 0.717) is 5.92 Å². The monoisotopic (exact) mass is 266 g/mol. The second-order valence-corrected chi connectivity index (χ2v) is 6.00. The predicted molar refractivity (Wildman–Crippen MR) is 82.5 cm³/mol. The predicted octanol–water partition coefficient (Wildman–Crippen LogP) is 3.90. The molecule has 2 nitrogen and oxygen atoms in total. The van der Waals surface area contributed by atoms with Gasteiger partial charge in [0.1, 0.15) is 0 Å². The van der Waals surface area contributed by atoms with Crippen molar-refractivity contribution in [2.75, 3.05) is 0 Å². The Hall–Kier alpha value is -1.67. The molecular weight excluding hydrogens is 244 g/mol. The molecule has 20 heavy (non-hydrogen) atoms. The molecular formula is C18H22N2. The Morgan fingerprint density at radius 3 is 2.70 bits per heavy atom. The van der Waals surface area contributed by atoms with Crippen LogP contribution in [0.2, 0.25) is 0 Å². The molecule has 1 heterocycles. The molecule has 2 aromatic rings. The molecule has 2 heteroatoms. The van der Waals surface area contributed by atoms with Gasteiger partial charge in [-0.3, -0.25) is 4.98 Å². The van der Waals surface area contributed by atoms with Crippen molar-refractivity contribution >= 4 is 0 Å². The third-order valence-corrected chi connectivity index (χ3v) is 4.57. The Balaban J connectivity index is 2.04. The molecule has 1 aromatic carbocycles. The zero-order chi connectivity index (χ0) is 14.0. The van der Waals surface area contributed by atoms with Gasteiger partial charge in [-0.2, -0.15) is 0 Å². The summed E-state index contributed by atoms with van der Waals surface area (Å²) in [5.74, 6) is 0.390. The number of benzene rings is 1. The Bertz CT molecular complexity index is 579. The Morgan fingerprint density at radius 1 is 1.15 bits per heavy atom. The summed E-state index contributed by atoms with van der Waals surface area (Å²) in [6, 6.07) is 12.9. The summed E-state index contributed by atoms with van der Waals surface area (Å²) in [5.41, 5.74) is 10.3. The zero-order valence-corrected chi connectivity index (χ0v) is 12.0. The number of hydrogen-bond donors (Lipinski definition) is 1. The zero-order valence-electron chi connectivity index (χ0n) is 12.0. The summed E-state index contributed by atoms with van der Waals surface area (Å²) in [5, 5.41) is 0. The highest BCUT2D eigenvalue weighted by atomic mass is 14.8. The van der Waals surface area contributed by atoms with Crippen molar-refractivity contribution in [2.45, 2.75) is 44.1 Å². The molecule has 0 radical (unpaired) electrons. The number of aromatic nitrogens is 1. The van der Waals surface area contributed by atoms with Gasteiger partial charge >= 0.3 is 0 Å². The fourth-order valence-corrected chi connectivity index (χ4v) is 3.50. The van der Waals surface area contributed by atoms with Gasteiger partial charge in [0.2, 0.25) is 0 Å². The van der Waals surface area contributed by atoms with E-state index in [0.717, 1.165) is 12.8 Å². The van der Waals surface area contributed by atoms with E-state index in [2.05, 4.69) is 48.3 Å². The maximum Gasteiger partial charge on any atom is 0.0494 e.